The van der Waals surface area contributed by atoms with Gasteiger partial charge in [-0.15, -0.1) is 0 Å². The Hall–Kier alpha value is -4.74. The van der Waals surface area contributed by atoms with Crippen molar-refractivity contribution in [2.75, 3.05) is 5.75 Å². The minimum atomic E-state index is -4.59. The largest absolute Gasteiger partial charge is 0.480 e. The molecule has 4 aromatic rings. The molecule has 0 radical (unpaired) electrons. The molecule has 45 heavy (non-hydrogen) atoms. The maximum atomic E-state index is 13.3. The molecule has 0 saturated heterocycles. The first-order valence-corrected chi connectivity index (χ1v) is 14.9. The number of carbonyl (C=O) groups excluding carboxylic acids is 2. The van der Waals surface area contributed by atoms with E-state index in [2.05, 4.69) is 10.6 Å². The van der Waals surface area contributed by atoms with Gasteiger partial charge in [0, 0.05) is 22.1 Å². The van der Waals surface area contributed by atoms with Crippen LogP contribution >= 0.6 is 23.4 Å². The average Bonchev–Trinajstić information content (AvgIpc) is 3.02. The van der Waals surface area contributed by atoms with Crippen LogP contribution in [0.1, 0.15) is 27.0 Å². The van der Waals surface area contributed by atoms with Gasteiger partial charge in [-0.05, 0) is 77.9 Å². The fourth-order valence-corrected chi connectivity index (χ4v) is 5.01. The molecule has 0 aliphatic carbocycles. The first-order chi connectivity index (χ1) is 21.5. The second-order valence-electron chi connectivity index (χ2n) is 9.58. The summed E-state index contributed by atoms with van der Waals surface area (Å²) in [7, 11) is 0. The summed E-state index contributed by atoms with van der Waals surface area (Å²) in [4.78, 5) is 38.3. The lowest BCUT2D eigenvalue weighted by Gasteiger charge is -2.17. The monoisotopic (exact) mass is 654 g/mol. The van der Waals surface area contributed by atoms with Gasteiger partial charge in [-0.1, -0.05) is 54.1 Å². The number of carbonyl (C=O) groups is 3. The lowest BCUT2D eigenvalue weighted by molar-refractivity contribution is -0.140. The number of nitrogens with one attached hydrogen (secondary N) is 2. The number of rotatable bonds is 12. The van der Waals surface area contributed by atoms with Gasteiger partial charge < -0.3 is 20.5 Å². The Morgan fingerprint density at radius 2 is 1.47 bits per heavy atom. The highest BCUT2D eigenvalue weighted by Gasteiger charge is 2.30. The fourth-order valence-electron chi connectivity index (χ4n) is 3.88. The number of benzene rings is 4. The molecule has 0 saturated carbocycles. The Labute approximate surface area is 266 Å². The van der Waals surface area contributed by atoms with Crippen LogP contribution in [0.2, 0.25) is 5.02 Å². The Morgan fingerprint density at radius 1 is 0.867 bits per heavy atom. The second kappa shape index (κ2) is 15.3. The highest BCUT2D eigenvalue weighted by atomic mass is 35.5. The zero-order valence-corrected chi connectivity index (χ0v) is 25.0. The third kappa shape index (κ3) is 10.2. The number of hydrogen-bond donors (Lipinski definition) is 3. The lowest BCUT2D eigenvalue weighted by Crippen LogP contribution is -2.45. The van der Waals surface area contributed by atoms with E-state index in [1.807, 2.05) is 30.3 Å². The van der Waals surface area contributed by atoms with Gasteiger partial charge >= 0.3 is 12.1 Å². The van der Waals surface area contributed by atoms with Crippen molar-refractivity contribution in [3.8, 4) is 11.5 Å². The first kappa shape index (κ1) is 33.2. The van der Waals surface area contributed by atoms with Crippen LogP contribution in [0.3, 0.4) is 0 Å². The number of amides is 2. The average molecular weight is 655 g/mol. The van der Waals surface area contributed by atoms with E-state index in [4.69, 9.17) is 16.3 Å². The Kier molecular flexibility index (Phi) is 11.3. The quantitative estimate of drug-likeness (QED) is 0.137. The number of carboxylic acid groups (broad SMARTS) is 1. The van der Waals surface area contributed by atoms with Gasteiger partial charge in [-0.25, -0.2) is 4.79 Å². The van der Waals surface area contributed by atoms with Crippen molar-refractivity contribution in [1.82, 2.24) is 10.6 Å². The smallest absolute Gasteiger partial charge is 0.416 e. The van der Waals surface area contributed by atoms with E-state index in [1.54, 1.807) is 48.5 Å². The van der Waals surface area contributed by atoms with Gasteiger partial charge in [0.25, 0.3) is 11.8 Å². The molecule has 0 fully saturated rings. The molecule has 4 rings (SSSR count). The van der Waals surface area contributed by atoms with Crippen LogP contribution in [0, 0.1) is 0 Å². The summed E-state index contributed by atoms with van der Waals surface area (Å²) < 4.78 is 44.7. The van der Waals surface area contributed by atoms with Crippen LogP contribution in [0.4, 0.5) is 13.2 Å². The molecule has 4 aromatic carbocycles. The normalized spacial score (nSPS) is 12.2. The summed E-state index contributed by atoms with van der Waals surface area (Å²) >= 11 is 7.21. The molecule has 0 aliphatic heterocycles. The maximum absolute atomic E-state index is 13.3. The van der Waals surface area contributed by atoms with Crippen molar-refractivity contribution in [2.45, 2.75) is 18.0 Å². The maximum Gasteiger partial charge on any atom is 0.416 e. The van der Waals surface area contributed by atoms with Crippen molar-refractivity contribution < 1.29 is 37.4 Å². The molecular weight excluding hydrogens is 629 g/mol. The summed E-state index contributed by atoms with van der Waals surface area (Å²) in [5.41, 5.74) is 0.0328. The van der Waals surface area contributed by atoms with Crippen molar-refractivity contribution in [1.29, 1.82) is 0 Å². The summed E-state index contributed by atoms with van der Waals surface area (Å²) in [6, 6.07) is 24.7. The van der Waals surface area contributed by atoms with Crippen LogP contribution in [-0.4, -0.2) is 34.7 Å². The molecule has 12 heteroatoms. The number of halogens is 4. The molecule has 1 unspecified atom stereocenters. The SMILES string of the molecule is O=C(NC(CSCc1ccccc1)C(=O)O)/C(=C\c1ccc(Oc2ccc(Cl)cc2)cc1)NC(=O)c1ccc(C(F)(F)F)cc1. The number of ether oxygens (including phenoxy) is 1. The van der Waals surface area contributed by atoms with Crippen molar-refractivity contribution in [2.24, 2.45) is 0 Å². The highest BCUT2D eigenvalue weighted by Crippen LogP contribution is 2.29. The number of aliphatic carboxylic acids is 1. The van der Waals surface area contributed by atoms with E-state index in [0.29, 0.717) is 27.8 Å². The van der Waals surface area contributed by atoms with Crippen molar-refractivity contribution >= 4 is 47.2 Å². The number of carboxylic acids is 1. The fraction of sp³-hybridized carbons (Fsp3) is 0.121. The van der Waals surface area contributed by atoms with E-state index in [9.17, 15) is 32.7 Å². The molecule has 0 spiro atoms. The van der Waals surface area contributed by atoms with Gasteiger partial charge in [0.15, 0.2) is 0 Å². The summed E-state index contributed by atoms with van der Waals surface area (Å²) in [6.45, 7) is 0. The molecule has 0 heterocycles. The van der Waals surface area contributed by atoms with Crippen LogP contribution in [0.15, 0.2) is 109 Å². The lowest BCUT2D eigenvalue weighted by atomic mass is 10.1. The highest BCUT2D eigenvalue weighted by molar-refractivity contribution is 7.98. The first-order valence-electron chi connectivity index (χ1n) is 13.4. The Bertz CT molecular complexity index is 1650. The molecule has 7 nitrogen and oxygen atoms in total. The van der Waals surface area contributed by atoms with Crippen molar-refractivity contribution in [3.05, 3.63) is 136 Å². The van der Waals surface area contributed by atoms with Gasteiger partial charge in [0.05, 0.1) is 5.56 Å². The Balaban J connectivity index is 1.53. The van der Waals surface area contributed by atoms with Gasteiger partial charge in [-0.2, -0.15) is 24.9 Å². The molecular formula is C33H26ClF3N2O5S. The summed E-state index contributed by atoms with van der Waals surface area (Å²) in [6.07, 6.45) is -3.27. The zero-order chi connectivity index (χ0) is 32.4. The van der Waals surface area contributed by atoms with Crippen LogP contribution in [-0.2, 0) is 21.5 Å². The molecule has 3 N–H and O–H groups in total. The van der Waals surface area contributed by atoms with E-state index in [0.717, 1.165) is 29.8 Å². The molecule has 232 valence electrons. The third-order valence-corrected chi connectivity index (χ3v) is 7.57. The second-order valence-corrected chi connectivity index (χ2v) is 11.0. The predicted octanol–water partition coefficient (Wildman–Crippen LogP) is 7.42. The van der Waals surface area contributed by atoms with Gasteiger partial charge in [0.2, 0.25) is 0 Å². The minimum absolute atomic E-state index is 0.0346. The topological polar surface area (TPSA) is 105 Å². The zero-order valence-electron chi connectivity index (χ0n) is 23.4. The Morgan fingerprint density at radius 3 is 2.04 bits per heavy atom. The number of alkyl halides is 3. The molecule has 0 bridgehead atoms. The van der Waals surface area contributed by atoms with E-state index < -0.39 is 35.6 Å². The summed E-state index contributed by atoms with van der Waals surface area (Å²) in [5, 5.41) is 15.2. The summed E-state index contributed by atoms with van der Waals surface area (Å²) in [5.74, 6) is -1.49. The number of thioether (sulfide) groups is 1. The molecule has 1 atom stereocenters. The van der Waals surface area contributed by atoms with Crippen LogP contribution < -0.4 is 15.4 Å². The standard InChI is InChI=1S/C33H26ClF3N2O5S/c34-25-12-16-27(17-13-25)44-26-14-6-21(7-15-26)18-28(38-30(40)23-8-10-24(11-9-23)33(35,36)37)31(41)39-29(32(42)43)20-45-19-22-4-2-1-3-5-22/h1-18,29H,19-20H2,(H,38,40)(H,39,41)(H,42,43)/b28-18+. The molecule has 0 aromatic heterocycles. The van der Waals surface area contributed by atoms with Crippen LogP contribution in [0.5, 0.6) is 11.5 Å². The molecule has 2 amide bonds. The molecule has 0 aliphatic rings. The predicted molar refractivity (Wildman–Crippen MR) is 167 cm³/mol. The third-order valence-electron chi connectivity index (χ3n) is 6.21. The van der Waals surface area contributed by atoms with E-state index in [-0.39, 0.29) is 17.0 Å². The van der Waals surface area contributed by atoms with E-state index >= 15 is 0 Å². The van der Waals surface area contributed by atoms with Gasteiger partial charge in [-0.3, -0.25) is 9.59 Å². The number of hydrogen-bond acceptors (Lipinski definition) is 5. The van der Waals surface area contributed by atoms with Crippen LogP contribution in [0.25, 0.3) is 6.08 Å². The van der Waals surface area contributed by atoms with Crippen molar-refractivity contribution in [3.63, 3.8) is 0 Å². The minimum Gasteiger partial charge on any atom is -0.480 e. The van der Waals surface area contributed by atoms with E-state index in [1.165, 1.54) is 17.8 Å². The van der Waals surface area contributed by atoms with Gasteiger partial charge in [0.1, 0.15) is 23.2 Å².